The molecule has 2 atom stereocenters. The summed E-state index contributed by atoms with van der Waals surface area (Å²) in [6.45, 7) is 3.38. The monoisotopic (exact) mass is 385 g/mol. The lowest BCUT2D eigenvalue weighted by molar-refractivity contribution is -0.134. The standard InChI is InChI=1S/C21H27N3O2S/c1-2-23-20(26)16-10-4-5-11-17(16)22-21(23)27-14-19(25)24-13-7-9-15-8-3-6-12-18(15)24/h4-5,10-11,15,18H,2-3,6-9,12-14H2,1H3/t15-,18+/m1/s1. The maximum atomic E-state index is 13.0. The molecule has 1 aliphatic carbocycles. The Labute approximate surface area is 164 Å². The van der Waals surface area contributed by atoms with E-state index < -0.39 is 0 Å². The Bertz CT molecular complexity index is 893. The first-order chi connectivity index (χ1) is 13.2. The number of likely N-dealkylation sites (tertiary alicyclic amines) is 1. The summed E-state index contributed by atoms with van der Waals surface area (Å²) in [5, 5.41) is 1.28. The van der Waals surface area contributed by atoms with E-state index in [2.05, 4.69) is 9.88 Å². The SMILES string of the molecule is CCn1c(SCC(=O)N2CCC[C@H]3CCCC[C@@H]32)nc2ccccc2c1=O. The lowest BCUT2D eigenvalue weighted by Gasteiger charge is -2.44. The first kappa shape index (κ1) is 18.5. The van der Waals surface area contributed by atoms with Crippen LogP contribution in [0.2, 0.25) is 0 Å². The Morgan fingerprint density at radius 2 is 1.96 bits per heavy atom. The number of benzene rings is 1. The van der Waals surface area contributed by atoms with Gasteiger partial charge >= 0.3 is 0 Å². The van der Waals surface area contributed by atoms with Crippen molar-refractivity contribution in [1.29, 1.82) is 0 Å². The average Bonchev–Trinajstić information content (AvgIpc) is 2.71. The minimum Gasteiger partial charge on any atom is -0.339 e. The maximum Gasteiger partial charge on any atom is 0.262 e. The number of hydrogen-bond donors (Lipinski definition) is 0. The molecule has 6 heteroatoms. The molecule has 2 fully saturated rings. The molecule has 0 radical (unpaired) electrons. The van der Waals surface area contributed by atoms with Gasteiger partial charge in [0.15, 0.2) is 5.16 Å². The van der Waals surface area contributed by atoms with Crippen LogP contribution in [0, 0.1) is 5.92 Å². The zero-order valence-corrected chi connectivity index (χ0v) is 16.7. The van der Waals surface area contributed by atoms with Crippen LogP contribution in [0.5, 0.6) is 0 Å². The summed E-state index contributed by atoms with van der Waals surface area (Å²) in [7, 11) is 0. The van der Waals surface area contributed by atoms with Gasteiger partial charge in [0.1, 0.15) is 0 Å². The quantitative estimate of drug-likeness (QED) is 0.595. The van der Waals surface area contributed by atoms with Crippen LogP contribution in [0.15, 0.2) is 34.2 Å². The molecule has 5 nitrogen and oxygen atoms in total. The van der Waals surface area contributed by atoms with Crippen LogP contribution in [0.4, 0.5) is 0 Å². The Hall–Kier alpha value is -1.82. The van der Waals surface area contributed by atoms with E-state index in [-0.39, 0.29) is 11.5 Å². The Kier molecular flexibility index (Phi) is 5.53. The minimum absolute atomic E-state index is 0.0247. The summed E-state index contributed by atoms with van der Waals surface area (Å²) in [6.07, 6.45) is 7.34. The molecule has 1 amide bonds. The largest absolute Gasteiger partial charge is 0.339 e. The second-order valence-electron chi connectivity index (χ2n) is 7.59. The molecule has 2 aromatic rings. The van der Waals surface area contributed by atoms with E-state index in [9.17, 15) is 9.59 Å². The highest BCUT2D eigenvalue weighted by atomic mass is 32.2. The van der Waals surface area contributed by atoms with E-state index in [1.807, 2.05) is 31.2 Å². The van der Waals surface area contributed by atoms with Crippen molar-refractivity contribution in [2.45, 2.75) is 63.2 Å². The van der Waals surface area contributed by atoms with E-state index in [0.717, 1.165) is 19.4 Å². The van der Waals surface area contributed by atoms with Crippen molar-refractivity contribution in [3.8, 4) is 0 Å². The van der Waals surface area contributed by atoms with Gasteiger partial charge < -0.3 is 4.90 Å². The van der Waals surface area contributed by atoms with E-state index in [1.165, 1.54) is 37.4 Å². The Morgan fingerprint density at radius 3 is 2.81 bits per heavy atom. The molecular formula is C21H27N3O2S. The van der Waals surface area contributed by atoms with Crippen LogP contribution >= 0.6 is 11.8 Å². The highest BCUT2D eigenvalue weighted by Crippen LogP contribution is 2.35. The lowest BCUT2D eigenvalue weighted by atomic mass is 9.78. The number of fused-ring (bicyclic) bond motifs is 2. The number of hydrogen-bond acceptors (Lipinski definition) is 4. The molecule has 0 bridgehead atoms. The normalized spacial score (nSPS) is 22.6. The van der Waals surface area contributed by atoms with E-state index in [1.54, 1.807) is 4.57 Å². The van der Waals surface area contributed by atoms with Gasteiger partial charge in [0.05, 0.1) is 16.7 Å². The molecule has 0 unspecified atom stereocenters. The number of thioether (sulfide) groups is 1. The third-order valence-corrected chi connectivity index (χ3v) is 6.99. The Morgan fingerprint density at radius 1 is 1.19 bits per heavy atom. The topological polar surface area (TPSA) is 55.2 Å². The third-order valence-electron chi connectivity index (χ3n) is 6.03. The molecule has 1 aromatic heterocycles. The Balaban J connectivity index is 1.52. The van der Waals surface area contributed by atoms with Gasteiger partial charge in [-0.25, -0.2) is 4.98 Å². The van der Waals surface area contributed by atoms with Crippen molar-refractivity contribution >= 4 is 28.6 Å². The van der Waals surface area contributed by atoms with Crippen molar-refractivity contribution in [2.75, 3.05) is 12.3 Å². The number of para-hydroxylation sites is 1. The lowest BCUT2D eigenvalue weighted by Crippen LogP contribution is -2.50. The van der Waals surface area contributed by atoms with Gasteiger partial charge in [0.25, 0.3) is 5.56 Å². The van der Waals surface area contributed by atoms with Crippen LogP contribution < -0.4 is 5.56 Å². The van der Waals surface area contributed by atoms with Crippen LogP contribution in [-0.4, -0.2) is 38.7 Å². The summed E-state index contributed by atoms with van der Waals surface area (Å²) in [6, 6.07) is 7.85. The van der Waals surface area contributed by atoms with Crippen LogP contribution in [-0.2, 0) is 11.3 Å². The van der Waals surface area contributed by atoms with Crippen molar-refractivity contribution in [3.05, 3.63) is 34.6 Å². The van der Waals surface area contributed by atoms with Gasteiger partial charge in [-0.15, -0.1) is 0 Å². The fourth-order valence-corrected chi connectivity index (χ4v) is 5.63. The van der Waals surface area contributed by atoms with E-state index in [4.69, 9.17) is 0 Å². The summed E-state index contributed by atoms with van der Waals surface area (Å²) in [5.74, 6) is 1.24. The summed E-state index contributed by atoms with van der Waals surface area (Å²) in [4.78, 5) is 32.5. The molecule has 0 spiro atoms. The number of carbonyl (C=O) groups is 1. The smallest absolute Gasteiger partial charge is 0.262 e. The summed E-state index contributed by atoms with van der Waals surface area (Å²) < 4.78 is 1.68. The van der Waals surface area contributed by atoms with Gasteiger partial charge in [-0.1, -0.05) is 36.7 Å². The highest BCUT2D eigenvalue weighted by molar-refractivity contribution is 7.99. The number of aromatic nitrogens is 2. The summed E-state index contributed by atoms with van der Waals surface area (Å²) >= 11 is 1.40. The fourth-order valence-electron chi connectivity index (χ4n) is 4.68. The predicted molar refractivity (Wildman–Crippen MR) is 109 cm³/mol. The molecule has 144 valence electrons. The van der Waals surface area contributed by atoms with Crippen LogP contribution in [0.3, 0.4) is 0 Å². The van der Waals surface area contributed by atoms with Gasteiger partial charge in [-0.2, -0.15) is 0 Å². The molecule has 1 saturated heterocycles. The molecule has 2 heterocycles. The van der Waals surface area contributed by atoms with Crippen LogP contribution in [0.25, 0.3) is 10.9 Å². The number of amides is 1. The van der Waals surface area contributed by atoms with Gasteiger partial charge in [-0.3, -0.25) is 14.2 Å². The number of rotatable bonds is 4. The zero-order valence-electron chi connectivity index (χ0n) is 15.9. The van der Waals surface area contributed by atoms with Gasteiger partial charge in [0.2, 0.25) is 5.91 Å². The molecule has 4 rings (SSSR count). The number of carbonyl (C=O) groups excluding carboxylic acids is 1. The van der Waals surface area contributed by atoms with E-state index >= 15 is 0 Å². The third kappa shape index (κ3) is 3.64. The average molecular weight is 386 g/mol. The molecule has 2 aliphatic rings. The first-order valence-electron chi connectivity index (χ1n) is 10.1. The van der Waals surface area contributed by atoms with Crippen molar-refractivity contribution in [2.24, 2.45) is 5.92 Å². The molecule has 27 heavy (non-hydrogen) atoms. The maximum absolute atomic E-state index is 13.0. The number of piperidine rings is 1. The molecule has 1 aromatic carbocycles. The van der Waals surface area contributed by atoms with Crippen molar-refractivity contribution in [1.82, 2.24) is 14.5 Å². The molecule has 1 aliphatic heterocycles. The first-order valence-corrected chi connectivity index (χ1v) is 11.1. The van der Waals surface area contributed by atoms with Crippen LogP contribution in [0.1, 0.15) is 45.4 Å². The fraction of sp³-hybridized carbons (Fsp3) is 0.571. The predicted octanol–water partition coefficient (Wildman–Crippen LogP) is 3.69. The van der Waals surface area contributed by atoms with Gasteiger partial charge in [0, 0.05) is 19.1 Å². The van der Waals surface area contributed by atoms with E-state index in [0.29, 0.717) is 40.3 Å². The molecule has 0 N–H and O–H groups in total. The minimum atomic E-state index is -0.0247. The zero-order chi connectivity index (χ0) is 18.8. The molecule has 1 saturated carbocycles. The molecular weight excluding hydrogens is 358 g/mol. The summed E-state index contributed by atoms with van der Waals surface area (Å²) in [5.41, 5.74) is 0.677. The second kappa shape index (κ2) is 8.05. The van der Waals surface area contributed by atoms with Crippen molar-refractivity contribution < 1.29 is 4.79 Å². The van der Waals surface area contributed by atoms with Gasteiger partial charge in [-0.05, 0) is 50.7 Å². The second-order valence-corrected chi connectivity index (χ2v) is 8.53. The number of nitrogens with zero attached hydrogens (tertiary/aromatic N) is 3. The van der Waals surface area contributed by atoms with Crippen molar-refractivity contribution in [3.63, 3.8) is 0 Å². The highest BCUT2D eigenvalue weighted by Gasteiger charge is 2.35.